The molecule has 4 aromatic rings. The van der Waals surface area contributed by atoms with Gasteiger partial charge in [0.1, 0.15) is 17.2 Å². The summed E-state index contributed by atoms with van der Waals surface area (Å²) in [4.78, 5) is 33.5. The zero-order valence-corrected chi connectivity index (χ0v) is 19.0. The van der Waals surface area contributed by atoms with E-state index in [1.54, 1.807) is 23.6 Å². The molecular weight excluding hydrogens is 485 g/mol. The van der Waals surface area contributed by atoms with E-state index in [9.17, 15) is 22.8 Å². The number of carbonyl (C=O) groups excluding carboxylic acids is 1. The van der Waals surface area contributed by atoms with Crippen molar-refractivity contribution in [2.24, 2.45) is 0 Å². The van der Waals surface area contributed by atoms with Crippen molar-refractivity contribution in [3.8, 4) is 22.4 Å². The molecule has 0 radical (unpaired) electrons. The number of aromatic amines is 1. The average Bonchev–Trinajstić information content (AvgIpc) is 3.27. The number of ether oxygens (including phenoxy) is 3. The molecule has 180 valence electrons. The van der Waals surface area contributed by atoms with Crippen LogP contribution in [0.15, 0.2) is 52.6 Å². The minimum absolute atomic E-state index is 0.129. The van der Waals surface area contributed by atoms with Crippen molar-refractivity contribution in [1.82, 2.24) is 9.97 Å². The Morgan fingerprint density at radius 1 is 1.03 bits per heavy atom. The number of Topliss-reactive ketones (excluding diaryl/α,β-unsaturated/α-hetero) is 1. The van der Waals surface area contributed by atoms with Crippen LogP contribution in [-0.4, -0.2) is 29.2 Å². The zero-order valence-electron chi connectivity index (χ0n) is 18.1. The monoisotopic (exact) mass is 502 g/mol. The third-order valence-electron chi connectivity index (χ3n) is 5.63. The van der Waals surface area contributed by atoms with Crippen LogP contribution in [-0.2, 0) is 6.42 Å². The van der Waals surface area contributed by atoms with Gasteiger partial charge in [0, 0.05) is 34.9 Å². The largest absolute Gasteiger partial charge is 0.573 e. The van der Waals surface area contributed by atoms with Crippen molar-refractivity contribution < 1.29 is 32.2 Å². The Balaban J connectivity index is 1.36. The van der Waals surface area contributed by atoms with Gasteiger partial charge in [0.15, 0.2) is 11.2 Å². The zero-order chi connectivity index (χ0) is 24.7. The van der Waals surface area contributed by atoms with Crippen LogP contribution in [0.25, 0.3) is 10.9 Å². The summed E-state index contributed by atoms with van der Waals surface area (Å²) < 4.78 is 51.7. The fraction of sp³-hybridized carbons (Fsp3) is 0.208. The van der Waals surface area contributed by atoms with Gasteiger partial charge in [0.25, 0.3) is 5.19 Å². The first-order valence-corrected chi connectivity index (χ1v) is 11.3. The van der Waals surface area contributed by atoms with E-state index in [1.165, 1.54) is 30.6 Å². The average molecular weight is 502 g/mol. The molecule has 35 heavy (non-hydrogen) atoms. The van der Waals surface area contributed by atoms with Crippen molar-refractivity contribution in [1.29, 1.82) is 0 Å². The number of alkyl halides is 3. The predicted molar refractivity (Wildman–Crippen MR) is 122 cm³/mol. The Hall–Kier alpha value is -3.86. The molecule has 1 N–H and O–H groups in total. The number of nitrogens with one attached hydrogen (secondary N) is 1. The summed E-state index contributed by atoms with van der Waals surface area (Å²) in [6, 6.07) is 9.99. The summed E-state index contributed by atoms with van der Waals surface area (Å²) in [5.74, 6) is 0.000300. The van der Waals surface area contributed by atoms with Gasteiger partial charge in [0.05, 0.1) is 23.9 Å². The van der Waals surface area contributed by atoms with Gasteiger partial charge < -0.3 is 19.2 Å². The molecule has 7 nitrogen and oxygen atoms in total. The molecule has 5 rings (SSSR count). The van der Waals surface area contributed by atoms with E-state index in [1.807, 2.05) is 0 Å². The molecule has 1 aliphatic carbocycles. The van der Waals surface area contributed by atoms with E-state index in [2.05, 4.69) is 14.7 Å². The van der Waals surface area contributed by atoms with Crippen LogP contribution in [0.1, 0.15) is 34.1 Å². The standard InChI is InChI=1S/C24H17F3N2O5S/c1-32-15-6-7-16-17(10-15)28-18-8-12(9-20(30)21(18)22(16)31)19-11-35-23(29-19)33-13-2-4-14(5-3-13)34-24(25,26)27/h2-7,10-12H,8-9H2,1H3,(H,28,31). The molecule has 0 fully saturated rings. The summed E-state index contributed by atoms with van der Waals surface area (Å²) in [5, 5.41) is 2.47. The summed E-state index contributed by atoms with van der Waals surface area (Å²) in [6.07, 6.45) is -4.23. The lowest BCUT2D eigenvalue weighted by molar-refractivity contribution is -0.274. The first kappa shape index (κ1) is 22.9. The van der Waals surface area contributed by atoms with Crippen LogP contribution in [0.5, 0.6) is 22.4 Å². The molecule has 0 amide bonds. The fourth-order valence-corrected chi connectivity index (χ4v) is 4.83. The number of nitrogens with zero attached hydrogens (tertiary/aromatic N) is 1. The highest BCUT2D eigenvalue weighted by Crippen LogP contribution is 2.35. The number of hydrogen-bond acceptors (Lipinski definition) is 7. The number of methoxy groups -OCH3 is 1. The molecular formula is C24H17F3N2O5S. The minimum atomic E-state index is -4.77. The van der Waals surface area contributed by atoms with Crippen molar-refractivity contribution in [2.75, 3.05) is 7.11 Å². The molecule has 1 atom stereocenters. The highest BCUT2D eigenvalue weighted by Gasteiger charge is 2.32. The molecule has 0 aliphatic heterocycles. The van der Waals surface area contributed by atoms with Gasteiger partial charge in [-0.15, -0.1) is 13.2 Å². The Labute approximate surface area is 200 Å². The normalized spacial score (nSPS) is 15.7. The highest BCUT2D eigenvalue weighted by atomic mass is 32.1. The summed E-state index contributed by atoms with van der Waals surface area (Å²) in [5.41, 5.74) is 1.63. The number of rotatable bonds is 5. The number of aromatic nitrogens is 2. The highest BCUT2D eigenvalue weighted by molar-refractivity contribution is 7.11. The number of benzene rings is 2. The second kappa shape index (κ2) is 8.73. The molecule has 0 bridgehead atoms. The number of fused-ring (bicyclic) bond motifs is 2. The maximum Gasteiger partial charge on any atom is 0.573 e. The van der Waals surface area contributed by atoms with E-state index in [-0.39, 0.29) is 45.8 Å². The number of H-pyrrole nitrogens is 1. The summed E-state index contributed by atoms with van der Waals surface area (Å²) in [6.45, 7) is 0. The van der Waals surface area contributed by atoms with E-state index in [4.69, 9.17) is 9.47 Å². The quantitative estimate of drug-likeness (QED) is 0.382. The van der Waals surface area contributed by atoms with Gasteiger partial charge in [-0.1, -0.05) is 11.3 Å². The lowest BCUT2D eigenvalue weighted by atomic mass is 9.83. The second-order valence-corrected chi connectivity index (χ2v) is 8.73. The molecule has 0 saturated carbocycles. The van der Waals surface area contributed by atoms with Crippen molar-refractivity contribution in [2.45, 2.75) is 25.1 Å². The topological polar surface area (TPSA) is 90.5 Å². The number of carbonyl (C=O) groups is 1. The molecule has 2 aromatic carbocycles. The third kappa shape index (κ3) is 4.72. The molecule has 1 aliphatic rings. The first-order valence-electron chi connectivity index (χ1n) is 10.5. The number of ketones is 1. The number of halogens is 3. The maximum atomic E-state index is 12.9. The molecule has 1 unspecified atom stereocenters. The summed E-state index contributed by atoms with van der Waals surface area (Å²) >= 11 is 1.20. The van der Waals surface area contributed by atoms with Crippen LogP contribution in [0, 0.1) is 0 Å². The lowest BCUT2D eigenvalue weighted by Gasteiger charge is -2.22. The molecule has 0 saturated heterocycles. The Bertz CT molecular complexity index is 1480. The van der Waals surface area contributed by atoms with E-state index in [0.29, 0.717) is 34.5 Å². The smallest absolute Gasteiger partial charge is 0.497 e. The third-order valence-corrected chi connectivity index (χ3v) is 6.36. The van der Waals surface area contributed by atoms with Crippen LogP contribution in [0.3, 0.4) is 0 Å². The minimum Gasteiger partial charge on any atom is -0.497 e. The summed E-state index contributed by atoms with van der Waals surface area (Å²) in [7, 11) is 1.53. The second-order valence-electron chi connectivity index (χ2n) is 7.91. The van der Waals surface area contributed by atoms with Gasteiger partial charge >= 0.3 is 6.36 Å². The van der Waals surface area contributed by atoms with Gasteiger partial charge in [-0.25, -0.2) is 4.98 Å². The maximum absolute atomic E-state index is 12.9. The van der Waals surface area contributed by atoms with Crippen LogP contribution in [0.2, 0.25) is 0 Å². The molecule has 0 spiro atoms. The number of hydrogen-bond donors (Lipinski definition) is 1. The first-order chi connectivity index (χ1) is 16.7. The van der Waals surface area contributed by atoms with Gasteiger partial charge in [-0.3, -0.25) is 9.59 Å². The lowest BCUT2D eigenvalue weighted by Crippen LogP contribution is -2.27. The van der Waals surface area contributed by atoms with E-state index < -0.39 is 6.36 Å². The molecule has 2 aromatic heterocycles. The molecule has 11 heteroatoms. The fourth-order valence-electron chi connectivity index (χ4n) is 4.06. The van der Waals surface area contributed by atoms with Crippen molar-refractivity contribution in [3.63, 3.8) is 0 Å². The predicted octanol–water partition coefficient (Wildman–Crippen LogP) is 5.60. The van der Waals surface area contributed by atoms with Gasteiger partial charge in [-0.2, -0.15) is 0 Å². The van der Waals surface area contributed by atoms with Crippen molar-refractivity contribution >= 4 is 28.0 Å². The van der Waals surface area contributed by atoms with E-state index >= 15 is 0 Å². The molecule has 2 heterocycles. The number of thiazole rings is 1. The van der Waals surface area contributed by atoms with Crippen LogP contribution in [0.4, 0.5) is 13.2 Å². The van der Waals surface area contributed by atoms with Crippen molar-refractivity contribution in [3.05, 3.63) is 75.0 Å². The van der Waals surface area contributed by atoms with Crippen LogP contribution < -0.4 is 19.6 Å². The van der Waals surface area contributed by atoms with Crippen LogP contribution >= 0.6 is 11.3 Å². The van der Waals surface area contributed by atoms with Gasteiger partial charge in [-0.05, 0) is 42.8 Å². The number of pyridine rings is 1. The Kier molecular flexibility index (Phi) is 5.72. The Morgan fingerprint density at radius 3 is 2.46 bits per heavy atom. The Morgan fingerprint density at radius 2 is 1.74 bits per heavy atom. The van der Waals surface area contributed by atoms with Gasteiger partial charge in [0.2, 0.25) is 0 Å². The van der Waals surface area contributed by atoms with E-state index in [0.717, 1.165) is 12.1 Å². The SMILES string of the molecule is COc1ccc2c(=O)c3c([nH]c2c1)CC(c1csc(Oc2ccc(OC(F)(F)F)cc2)n1)CC3=O.